The van der Waals surface area contributed by atoms with Crippen molar-refractivity contribution in [3.63, 3.8) is 0 Å². The van der Waals surface area contributed by atoms with E-state index in [9.17, 15) is 14.0 Å². The zero-order chi connectivity index (χ0) is 21.8. The Morgan fingerprint density at radius 3 is 2.60 bits per heavy atom. The van der Waals surface area contributed by atoms with Crippen molar-refractivity contribution in [2.45, 2.75) is 58.4 Å². The van der Waals surface area contributed by atoms with Gasteiger partial charge in [-0.1, -0.05) is 33.3 Å². The van der Waals surface area contributed by atoms with E-state index in [1.54, 1.807) is 4.90 Å². The van der Waals surface area contributed by atoms with Gasteiger partial charge in [0.2, 0.25) is 5.91 Å². The Balaban J connectivity index is 1.38. The first-order chi connectivity index (χ1) is 14.2. The molecule has 7 nitrogen and oxygen atoms in total. The molecule has 1 aliphatic heterocycles. The largest absolute Gasteiger partial charge is 0.490 e. The van der Waals surface area contributed by atoms with Crippen LogP contribution in [0.25, 0.3) is 0 Å². The third kappa shape index (κ3) is 6.15. The molecule has 2 aliphatic rings. The van der Waals surface area contributed by atoms with Crippen molar-refractivity contribution in [2.24, 2.45) is 5.41 Å². The summed E-state index contributed by atoms with van der Waals surface area (Å²) in [6, 6.07) is 4.82. The summed E-state index contributed by atoms with van der Waals surface area (Å²) in [5.41, 5.74) is 7.53. The molecule has 0 atom stereocenters. The number of amides is 3. The number of hydrogen-bond acceptors (Lipinski definition) is 5. The first-order valence-electron chi connectivity index (χ1n) is 10.7. The highest BCUT2D eigenvalue weighted by molar-refractivity contribution is 6.01. The average molecular weight is 421 g/mol. The molecule has 1 aromatic carbocycles. The fraction of sp³-hybridized carbons (Fsp3) is 0.636. The van der Waals surface area contributed by atoms with Crippen molar-refractivity contribution < 1.29 is 18.7 Å². The van der Waals surface area contributed by atoms with Gasteiger partial charge in [-0.05, 0) is 48.8 Å². The zero-order valence-electron chi connectivity index (χ0n) is 18.1. The Morgan fingerprint density at radius 2 is 1.97 bits per heavy atom. The highest BCUT2D eigenvalue weighted by Crippen LogP contribution is 2.46. The number of nitrogens with zero attached hydrogens (tertiary/aromatic N) is 1. The van der Waals surface area contributed by atoms with Crippen LogP contribution in [0, 0.1) is 11.2 Å². The quantitative estimate of drug-likeness (QED) is 0.291. The molecule has 3 amide bonds. The zero-order valence-corrected chi connectivity index (χ0v) is 18.1. The summed E-state index contributed by atoms with van der Waals surface area (Å²) in [7, 11) is 0. The highest BCUT2D eigenvalue weighted by Gasteiger charge is 2.44. The molecule has 0 aromatic heterocycles. The molecular formula is C22H33FN4O3. The van der Waals surface area contributed by atoms with Crippen LogP contribution in [0.3, 0.4) is 0 Å². The molecule has 8 heteroatoms. The summed E-state index contributed by atoms with van der Waals surface area (Å²) >= 11 is 0. The van der Waals surface area contributed by atoms with E-state index in [0.717, 1.165) is 44.2 Å². The molecule has 2 fully saturated rings. The maximum absolute atomic E-state index is 14.1. The number of urea groups is 1. The van der Waals surface area contributed by atoms with Gasteiger partial charge in [-0.15, -0.1) is 0 Å². The molecule has 1 saturated heterocycles. The SMILES string of the molecule is CC(C)(C)COc1cc(C2(NNCCCCCN3CC(=O)NC3=O)CC2)ccc1F. The molecule has 3 N–H and O–H groups in total. The van der Waals surface area contributed by atoms with Crippen LogP contribution in [-0.2, 0) is 10.3 Å². The van der Waals surface area contributed by atoms with Crippen molar-refractivity contribution in [3.8, 4) is 5.75 Å². The summed E-state index contributed by atoms with van der Waals surface area (Å²) in [5.74, 6) is -0.256. The van der Waals surface area contributed by atoms with E-state index in [4.69, 9.17) is 4.74 Å². The average Bonchev–Trinajstić information content (AvgIpc) is 3.38. The Morgan fingerprint density at radius 1 is 1.20 bits per heavy atom. The van der Waals surface area contributed by atoms with Crippen molar-refractivity contribution in [1.82, 2.24) is 21.1 Å². The standard InChI is InChI=1S/C22H33FN4O3/c1-21(2,3)15-30-18-13-16(7-8-17(18)23)22(9-10-22)26-24-11-5-4-6-12-27-14-19(28)25-20(27)29/h7-8,13,24,26H,4-6,9-12,14-15H2,1-3H3,(H,25,28,29). The van der Waals surface area contributed by atoms with Crippen molar-refractivity contribution in [1.29, 1.82) is 0 Å². The van der Waals surface area contributed by atoms with E-state index in [0.29, 0.717) is 18.9 Å². The second-order valence-corrected chi connectivity index (χ2v) is 9.46. The van der Waals surface area contributed by atoms with E-state index < -0.39 is 0 Å². The molecule has 1 aliphatic carbocycles. The topological polar surface area (TPSA) is 82.7 Å². The van der Waals surface area contributed by atoms with Gasteiger partial charge in [-0.3, -0.25) is 15.5 Å². The van der Waals surface area contributed by atoms with E-state index in [2.05, 4.69) is 36.9 Å². The van der Waals surface area contributed by atoms with E-state index in [1.807, 2.05) is 12.1 Å². The number of unbranched alkanes of at least 4 members (excludes halogenated alkanes) is 2. The third-order valence-electron chi connectivity index (χ3n) is 5.32. The lowest BCUT2D eigenvalue weighted by Crippen LogP contribution is -2.41. The molecule has 30 heavy (non-hydrogen) atoms. The van der Waals surface area contributed by atoms with Gasteiger partial charge >= 0.3 is 6.03 Å². The van der Waals surface area contributed by atoms with Gasteiger partial charge in [0.25, 0.3) is 0 Å². The van der Waals surface area contributed by atoms with Gasteiger partial charge in [0, 0.05) is 13.1 Å². The maximum Gasteiger partial charge on any atom is 0.324 e. The number of imide groups is 1. The van der Waals surface area contributed by atoms with Gasteiger partial charge in [-0.2, -0.15) is 0 Å². The van der Waals surface area contributed by atoms with Gasteiger partial charge < -0.3 is 9.64 Å². The van der Waals surface area contributed by atoms with Crippen LogP contribution >= 0.6 is 0 Å². The summed E-state index contributed by atoms with van der Waals surface area (Å²) in [6.07, 6.45) is 4.75. The first kappa shape index (κ1) is 22.5. The number of nitrogens with one attached hydrogen (secondary N) is 3. The maximum atomic E-state index is 14.1. The van der Waals surface area contributed by atoms with E-state index in [1.165, 1.54) is 6.07 Å². The number of halogens is 1. The molecule has 0 spiro atoms. The minimum Gasteiger partial charge on any atom is -0.490 e. The fourth-order valence-corrected chi connectivity index (χ4v) is 3.40. The minimum absolute atomic E-state index is 0.0341. The first-order valence-corrected chi connectivity index (χ1v) is 10.7. The number of rotatable bonds is 11. The number of benzene rings is 1. The predicted octanol–water partition coefficient (Wildman–Crippen LogP) is 3.06. The van der Waals surface area contributed by atoms with Crippen LogP contribution in [0.5, 0.6) is 5.75 Å². The molecule has 0 radical (unpaired) electrons. The molecule has 1 heterocycles. The minimum atomic E-state index is -0.333. The molecule has 1 aromatic rings. The lowest BCUT2D eigenvalue weighted by molar-refractivity contribution is -0.118. The van der Waals surface area contributed by atoms with Gasteiger partial charge in [0.15, 0.2) is 11.6 Å². The van der Waals surface area contributed by atoms with Gasteiger partial charge in [-0.25, -0.2) is 14.6 Å². The lowest BCUT2D eigenvalue weighted by Gasteiger charge is -2.22. The van der Waals surface area contributed by atoms with Crippen LogP contribution in [0.2, 0.25) is 0 Å². The van der Waals surface area contributed by atoms with Crippen LogP contribution in [0.15, 0.2) is 18.2 Å². The number of hydrogen-bond donors (Lipinski definition) is 3. The Kier molecular flexibility index (Phi) is 6.98. The summed E-state index contributed by atoms with van der Waals surface area (Å²) in [4.78, 5) is 24.2. The fourth-order valence-electron chi connectivity index (χ4n) is 3.40. The monoisotopic (exact) mass is 420 g/mol. The summed E-state index contributed by atoms with van der Waals surface area (Å²) in [6.45, 7) is 8.19. The molecule has 3 rings (SSSR count). The number of carbonyl (C=O) groups is 2. The highest BCUT2D eigenvalue weighted by atomic mass is 19.1. The molecular weight excluding hydrogens is 387 g/mol. The lowest BCUT2D eigenvalue weighted by atomic mass is 9.98. The summed E-state index contributed by atoms with van der Waals surface area (Å²) in [5, 5.41) is 2.28. The second-order valence-electron chi connectivity index (χ2n) is 9.46. The van der Waals surface area contributed by atoms with Crippen LogP contribution in [0.4, 0.5) is 9.18 Å². The van der Waals surface area contributed by atoms with Crippen LogP contribution in [-0.4, -0.2) is 43.1 Å². The normalized spacial score (nSPS) is 17.9. The van der Waals surface area contributed by atoms with Gasteiger partial charge in [0.05, 0.1) is 12.1 Å². The molecule has 0 unspecified atom stereocenters. The Bertz CT molecular complexity index is 774. The van der Waals surface area contributed by atoms with Crippen LogP contribution in [0.1, 0.15) is 58.4 Å². The number of hydrazine groups is 1. The van der Waals surface area contributed by atoms with Crippen molar-refractivity contribution >= 4 is 11.9 Å². The second kappa shape index (κ2) is 9.31. The van der Waals surface area contributed by atoms with E-state index in [-0.39, 0.29) is 35.3 Å². The van der Waals surface area contributed by atoms with Crippen molar-refractivity contribution in [2.75, 3.05) is 26.2 Å². The smallest absolute Gasteiger partial charge is 0.324 e. The Labute approximate surface area is 177 Å². The van der Waals surface area contributed by atoms with Gasteiger partial charge in [0.1, 0.15) is 6.54 Å². The predicted molar refractivity (Wildman–Crippen MR) is 112 cm³/mol. The van der Waals surface area contributed by atoms with Crippen LogP contribution < -0.4 is 20.9 Å². The molecule has 166 valence electrons. The summed E-state index contributed by atoms with van der Waals surface area (Å²) < 4.78 is 19.8. The third-order valence-corrected chi connectivity index (χ3v) is 5.32. The van der Waals surface area contributed by atoms with E-state index >= 15 is 0 Å². The number of carbonyl (C=O) groups excluding carboxylic acids is 2. The molecule has 1 saturated carbocycles. The molecule has 0 bridgehead atoms. The van der Waals surface area contributed by atoms with Crippen molar-refractivity contribution in [3.05, 3.63) is 29.6 Å². The Hall–Kier alpha value is -2.19. The number of ether oxygens (including phenoxy) is 1.